The number of aromatic amines is 1. The molecule has 1 saturated heterocycles. The van der Waals surface area contributed by atoms with Crippen LogP contribution in [-0.2, 0) is 6.42 Å². The molecule has 1 unspecified atom stereocenters. The number of nitrogens with zero attached hydrogens (tertiary/aromatic N) is 1. The van der Waals surface area contributed by atoms with Crippen LogP contribution in [0.5, 0.6) is 0 Å². The van der Waals surface area contributed by atoms with Gasteiger partial charge in [0.15, 0.2) is 0 Å². The quantitative estimate of drug-likeness (QED) is 0.805. The number of aromatic nitrogens is 2. The average molecular weight is 215 g/mol. The van der Waals surface area contributed by atoms with Crippen LogP contribution in [0.2, 0.25) is 0 Å². The Bertz CT molecular complexity index is 469. The SMILES string of the molecule is c1cc2[nH]ccc2c(CC2CCCNC2)n1. The highest BCUT2D eigenvalue weighted by Crippen LogP contribution is 2.21. The topological polar surface area (TPSA) is 40.7 Å². The van der Waals surface area contributed by atoms with Crippen molar-refractivity contribution in [3.63, 3.8) is 0 Å². The molecule has 2 N–H and O–H groups in total. The maximum atomic E-state index is 4.53. The van der Waals surface area contributed by atoms with Crippen LogP contribution in [-0.4, -0.2) is 23.1 Å². The summed E-state index contributed by atoms with van der Waals surface area (Å²) in [6.45, 7) is 2.32. The first-order chi connectivity index (χ1) is 7.93. The van der Waals surface area contributed by atoms with E-state index in [1.807, 2.05) is 18.5 Å². The van der Waals surface area contributed by atoms with E-state index in [0.717, 1.165) is 18.9 Å². The van der Waals surface area contributed by atoms with Crippen LogP contribution >= 0.6 is 0 Å². The van der Waals surface area contributed by atoms with Crippen molar-refractivity contribution in [2.75, 3.05) is 13.1 Å². The van der Waals surface area contributed by atoms with E-state index in [1.54, 1.807) is 0 Å². The van der Waals surface area contributed by atoms with E-state index in [9.17, 15) is 0 Å². The molecule has 0 aromatic carbocycles. The Labute approximate surface area is 95.3 Å². The first-order valence-electron chi connectivity index (χ1n) is 6.05. The summed E-state index contributed by atoms with van der Waals surface area (Å²) in [7, 11) is 0. The lowest BCUT2D eigenvalue weighted by atomic mass is 9.93. The molecule has 3 heterocycles. The predicted molar refractivity (Wildman–Crippen MR) is 65.4 cm³/mol. The van der Waals surface area contributed by atoms with Gasteiger partial charge in [-0.3, -0.25) is 4.98 Å². The zero-order chi connectivity index (χ0) is 10.8. The summed E-state index contributed by atoms with van der Waals surface area (Å²) in [5.74, 6) is 0.752. The highest BCUT2D eigenvalue weighted by Gasteiger charge is 2.15. The van der Waals surface area contributed by atoms with Gasteiger partial charge >= 0.3 is 0 Å². The Morgan fingerprint density at radius 2 is 2.38 bits per heavy atom. The standard InChI is InChI=1S/C13H17N3/c1-2-10(9-14-5-1)8-13-11-3-6-15-12(11)4-7-16-13/h3-4,6-7,10,14-15H,1-2,5,8-9H2. The van der Waals surface area contributed by atoms with Gasteiger partial charge in [-0.15, -0.1) is 0 Å². The van der Waals surface area contributed by atoms with Crippen molar-refractivity contribution in [3.05, 3.63) is 30.2 Å². The number of rotatable bonds is 2. The van der Waals surface area contributed by atoms with E-state index >= 15 is 0 Å². The van der Waals surface area contributed by atoms with Crippen molar-refractivity contribution in [2.24, 2.45) is 5.92 Å². The minimum atomic E-state index is 0.752. The van der Waals surface area contributed by atoms with Crippen LogP contribution in [0.15, 0.2) is 24.5 Å². The fraction of sp³-hybridized carbons (Fsp3) is 0.462. The van der Waals surface area contributed by atoms with Crippen LogP contribution in [0.25, 0.3) is 10.9 Å². The molecular weight excluding hydrogens is 198 g/mol. The van der Waals surface area contributed by atoms with Gasteiger partial charge in [-0.25, -0.2) is 0 Å². The largest absolute Gasteiger partial charge is 0.361 e. The summed E-state index contributed by atoms with van der Waals surface area (Å²) < 4.78 is 0. The van der Waals surface area contributed by atoms with Gasteiger partial charge in [-0.05, 0) is 50.4 Å². The summed E-state index contributed by atoms with van der Waals surface area (Å²) in [5.41, 5.74) is 2.45. The van der Waals surface area contributed by atoms with Crippen molar-refractivity contribution < 1.29 is 0 Å². The van der Waals surface area contributed by atoms with Gasteiger partial charge in [-0.2, -0.15) is 0 Å². The molecule has 1 aliphatic rings. The van der Waals surface area contributed by atoms with Crippen LogP contribution in [0.4, 0.5) is 0 Å². The molecule has 1 aliphatic heterocycles. The third kappa shape index (κ3) is 1.83. The molecule has 84 valence electrons. The summed E-state index contributed by atoms with van der Waals surface area (Å²) in [4.78, 5) is 7.77. The number of hydrogen-bond donors (Lipinski definition) is 2. The summed E-state index contributed by atoms with van der Waals surface area (Å²) in [6, 6.07) is 4.17. The Morgan fingerprint density at radius 1 is 1.38 bits per heavy atom. The normalized spacial score (nSPS) is 21.4. The van der Waals surface area contributed by atoms with E-state index < -0.39 is 0 Å². The maximum Gasteiger partial charge on any atom is 0.0500 e. The van der Waals surface area contributed by atoms with E-state index in [4.69, 9.17) is 0 Å². The Hall–Kier alpha value is -1.35. The fourth-order valence-electron chi connectivity index (χ4n) is 2.58. The molecule has 3 rings (SSSR count). The van der Waals surface area contributed by atoms with Crippen LogP contribution < -0.4 is 5.32 Å². The minimum Gasteiger partial charge on any atom is -0.361 e. The van der Waals surface area contributed by atoms with Crippen molar-refractivity contribution in [1.29, 1.82) is 0 Å². The van der Waals surface area contributed by atoms with Gasteiger partial charge < -0.3 is 10.3 Å². The van der Waals surface area contributed by atoms with Crippen molar-refractivity contribution in [2.45, 2.75) is 19.3 Å². The van der Waals surface area contributed by atoms with Gasteiger partial charge in [0.25, 0.3) is 0 Å². The third-order valence-electron chi connectivity index (χ3n) is 3.44. The van der Waals surface area contributed by atoms with Crippen LogP contribution in [0, 0.1) is 5.92 Å². The van der Waals surface area contributed by atoms with E-state index in [-0.39, 0.29) is 0 Å². The molecule has 3 heteroatoms. The second-order valence-electron chi connectivity index (χ2n) is 4.61. The number of fused-ring (bicyclic) bond motifs is 1. The van der Waals surface area contributed by atoms with Crippen molar-refractivity contribution >= 4 is 10.9 Å². The molecule has 0 radical (unpaired) electrons. The molecule has 1 atom stereocenters. The highest BCUT2D eigenvalue weighted by atomic mass is 14.9. The molecule has 2 aromatic heterocycles. The fourth-order valence-corrected chi connectivity index (χ4v) is 2.58. The first-order valence-corrected chi connectivity index (χ1v) is 6.05. The summed E-state index contributed by atoms with van der Waals surface area (Å²) in [6.07, 6.45) is 7.63. The molecule has 1 fully saturated rings. The zero-order valence-corrected chi connectivity index (χ0v) is 9.37. The van der Waals surface area contributed by atoms with E-state index in [1.165, 1.54) is 36.0 Å². The first kappa shape index (κ1) is 9.85. The number of pyridine rings is 1. The van der Waals surface area contributed by atoms with E-state index in [0.29, 0.717) is 0 Å². The molecule has 0 spiro atoms. The molecular formula is C13H17N3. The maximum absolute atomic E-state index is 4.53. The second-order valence-corrected chi connectivity index (χ2v) is 4.61. The van der Waals surface area contributed by atoms with Gasteiger partial charge in [-0.1, -0.05) is 0 Å². The number of hydrogen-bond acceptors (Lipinski definition) is 2. The highest BCUT2D eigenvalue weighted by molar-refractivity contribution is 5.81. The minimum absolute atomic E-state index is 0.752. The summed E-state index contributed by atoms with van der Waals surface area (Å²) in [5, 5.41) is 4.75. The number of H-pyrrole nitrogens is 1. The molecule has 0 amide bonds. The Kier molecular flexibility index (Phi) is 2.62. The number of piperidine rings is 1. The molecule has 0 saturated carbocycles. The van der Waals surface area contributed by atoms with Crippen molar-refractivity contribution in [3.8, 4) is 0 Å². The number of nitrogens with one attached hydrogen (secondary N) is 2. The zero-order valence-electron chi connectivity index (χ0n) is 9.37. The molecule has 3 nitrogen and oxygen atoms in total. The lowest BCUT2D eigenvalue weighted by molar-refractivity contribution is 0.374. The molecule has 0 aliphatic carbocycles. The Balaban J connectivity index is 1.85. The van der Waals surface area contributed by atoms with Gasteiger partial charge in [0, 0.05) is 23.3 Å². The smallest absolute Gasteiger partial charge is 0.0500 e. The third-order valence-corrected chi connectivity index (χ3v) is 3.44. The molecule has 2 aromatic rings. The molecule has 16 heavy (non-hydrogen) atoms. The monoisotopic (exact) mass is 215 g/mol. The predicted octanol–water partition coefficient (Wildman–Crippen LogP) is 2.10. The van der Waals surface area contributed by atoms with Crippen LogP contribution in [0.1, 0.15) is 18.5 Å². The lowest BCUT2D eigenvalue weighted by Gasteiger charge is -2.22. The average Bonchev–Trinajstić information content (AvgIpc) is 2.80. The molecule has 0 bridgehead atoms. The van der Waals surface area contributed by atoms with Gasteiger partial charge in [0.2, 0.25) is 0 Å². The summed E-state index contributed by atoms with van der Waals surface area (Å²) >= 11 is 0. The lowest BCUT2D eigenvalue weighted by Crippen LogP contribution is -2.31. The van der Waals surface area contributed by atoms with Crippen LogP contribution in [0.3, 0.4) is 0 Å². The van der Waals surface area contributed by atoms with E-state index in [2.05, 4.69) is 21.4 Å². The second kappa shape index (κ2) is 4.26. The Morgan fingerprint density at radius 3 is 3.25 bits per heavy atom. The van der Waals surface area contributed by atoms with Gasteiger partial charge in [0.05, 0.1) is 5.69 Å². The van der Waals surface area contributed by atoms with Crippen molar-refractivity contribution in [1.82, 2.24) is 15.3 Å². The van der Waals surface area contributed by atoms with Gasteiger partial charge in [0.1, 0.15) is 0 Å².